The molecule has 4 atom stereocenters. The van der Waals surface area contributed by atoms with E-state index in [4.69, 9.17) is 4.74 Å². The summed E-state index contributed by atoms with van der Waals surface area (Å²) in [4.78, 5) is 8.87. The lowest BCUT2D eigenvalue weighted by Gasteiger charge is -2.23. The first-order valence-electron chi connectivity index (χ1n) is 8.89. The molecule has 2 unspecified atom stereocenters. The highest BCUT2D eigenvalue weighted by molar-refractivity contribution is 5.86. The van der Waals surface area contributed by atoms with Crippen molar-refractivity contribution in [3.05, 3.63) is 18.6 Å². The molecule has 0 spiro atoms. The predicted octanol–water partition coefficient (Wildman–Crippen LogP) is 0.787. The van der Waals surface area contributed by atoms with Crippen LogP contribution in [0.4, 0.5) is 5.82 Å². The van der Waals surface area contributed by atoms with Gasteiger partial charge in [0, 0.05) is 12.2 Å². The van der Waals surface area contributed by atoms with Crippen molar-refractivity contribution in [2.45, 2.75) is 62.7 Å². The molecule has 3 heterocycles. The molecule has 1 saturated heterocycles. The molecule has 1 aliphatic carbocycles. The summed E-state index contributed by atoms with van der Waals surface area (Å²) >= 11 is 0. The van der Waals surface area contributed by atoms with Gasteiger partial charge in [-0.05, 0) is 18.9 Å². The van der Waals surface area contributed by atoms with Crippen LogP contribution in [0.1, 0.15) is 38.3 Å². The van der Waals surface area contributed by atoms with Crippen molar-refractivity contribution in [3.8, 4) is 0 Å². The Balaban J connectivity index is 1.62. The first-order chi connectivity index (χ1) is 12.2. The molecular formula is C17H24N4O4. The van der Waals surface area contributed by atoms with Crippen LogP contribution >= 0.6 is 0 Å². The average molecular weight is 348 g/mol. The van der Waals surface area contributed by atoms with Gasteiger partial charge in [-0.25, -0.2) is 9.97 Å². The molecule has 25 heavy (non-hydrogen) atoms. The number of aliphatic hydroxyl groups is 3. The number of hydrogen-bond donors (Lipinski definition) is 4. The number of imidazole rings is 1. The Hall–Kier alpha value is -1.74. The van der Waals surface area contributed by atoms with E-state index in [1.807, 2.05) is 6.07 Å². The molecule has 0 radical (unpaired) electrons. The number of nitrogens with one attached hydrogen (secondary N) is 1. The summed E-state index contributed by atoms with van der Waals surface area (Å²) in [5.74, 6) is 0.731. The highest BCUT2D eigenvalue weighted by Gasteiger charge is 2.43. The smallest absolute Gasteiger partial charge is 0.164 e. The fourth-order valence-corrected chi connectivity index (χ4v) is 3.82. The number of aromatic nitrogens is 3. The topological polar surface area (TPSA) is 113 Å². The molecule has 8 heteroatoms. The monoisotopic (exact) mass is 348 g/mol. The number of nitrogens with zero attached hydrogens (tertiary/aromatic N) is 3. The van der Waals surface area contributed by atoms with Gasteiger partial charge in [0.1, 0.15) is 23.8 Å². The van der Waals surface area contributed by atoms with Crippen molar-refractivity contribution in [1.29, 1.82) is 0 Å². The number of aliphatic hydroxyl groups excluding tert-OH is 3. The lowest BCUT2D eigenvalue weighted by molar-refractivity contribution is -0.0508. The number of fused-ring (bicyclic) bond motifs is 1. The number of rotatable bonds is 4. The lowest BCUT2D eigenvalue weighted by Crippen LogP contribution is -2.33. The zero-order valence-electron chi connectivity index (χ0n) is 14.0. The van der Waals surface area contributed by atoms with Gasteiger partial charge < -0.3 is 29.9 Å². The minimum absolute atomic E-state index is 0.350. The summed E-state index contributed by atoms with van der Waals surface area (Å²) in [5.41, 5.74) is 1.48. The molecular weight excluding hydrogens is 324 g/mol. The number of ether oxygens (including phenoxy) is 1. The van der Waals surface area contributed by atoms with Crippen molar-refractivity contribution in [2.75, 3.05) is 11.9 Å². The minimum atomic E-state index is -1.13. The van der Waals surface area contributed by atoms with Crippen LogP contribution in [0, 0.1) is 0 Å². The lowest BCUT2D eigenvalue weighted by atomic mass is 9.95. The summed E-state index contributed by atoms with van der Waals surface area (Å²) in [6.07, 6.45) is 5.44. The maximum Gasteiger partial charge on any atom is 0.164 e. The molecule has 2 fully saturated rings. The maximum atomic E-state index is 10.3. The van der Waals surface area contributed by atoms with E-state index in [1.54, 1.807) is 17.1 Å². The van der Waals surface area contributed by atoms with Crippen LogP contribution in [0.2, 0.25) is 0 Å². The Morgan fingerprint density at radius 3 is 2.68 bits per heavy atom. The van der Waals surface area contributed by atoms with Gasteiger partial charge in [-0.2, -0.15) is 0 Å². The summed E-state index contributed by atoms with van der Waals surface area (Å²) in [6.45, 7) is -0.350. The number of anilines is 1. The molecule has 1 aliphatic heterocycles. The molecule has 8 nitrogen and oxygen atoms in total. The summed E-state index contributed by atoms with van der Waals surface area (Å²) in [5, 5.41) is 33.0. The summed E-state index contributed by atoms with van der Waals surface area (Å²) in [6, 6.07) is 2.22. The second-order valence-corrected chi connectivity index (χ2v) is 6.89. The largest absolute Gasteiger partial charge is 0.394 e. The van der Waals surface area contributed by atoms with Gasteiger partial charge in [-0.3, -0.25) is 0 Å². The second-order valence-electron chi connectivity index (χ2n) is 6.89. The third kappa shape index (κ3) is 2.99. The highest BCUT2D eigenvalue weighted by Crippen LogP contribution is 2.33. The van der Waals surface area contributed by atoms with Crippen molar-refractivity contribution in [1.82, 2.24) is 14.5 Å². The number of pyridine rings is 1. The summed E-state index contributed by atoms with van der Waals surface area (Å²) < 4.78 is 7.30. The van der Waals surface area contributed by atoms with Crippen molar-refractivity contribution in [3.63, 3.8) is 0 Å². The molecule has 136 valence electrons. The van der Waals surface area contributed by atoms with Gasteiger partial charge in [0.05, 0.1) is 18.5 Å². The minimum Gasteiger partial charge on any atom is -0.394 e. The van der Waals surface area contributed by atoms with Crippen LogP contribution in [0.5, 0.6) is 0 Å². The molecule has 1 saturated carbocycles. The normalized spacial score (nSPS) is 30.8. The van der Waals surface area contributed by atoms with Crippen LogP contribution < -0.4 is 5.32 Å². The third-order valence-corrected chi connectivity index (χ3v) is 5.23. The quantitative estimate of drug-likeness (QED) is 0.646. The van der Waals surface area contributed by atoms with Gasteiger partial charge >= 0.3 is 0 Å². The Kier molecular flexibility index (Phi) is 4.60. The second kappa shape index (κ2) is 6.87. The Bertz CT molecular complexity index is 731. The van der Waals surface area contributed by atoms with Crippen LogP contribution in [0.3, 0.4) is 0 Å². The van der Waals surface area contributed by atoms with Crippen molar-refractivity contribution < 1.29 is 20.1 Å². The Morgan fingerprint density at radius 2 is 1.96 bits per heavy atom. The molecule has 4 N–H and O–H groups in total. The fraction of sp³-hybridized carbons (Fsp3) is 0.647. The van der Waals surface area contributed by atoms with Gasteiger partial charge in [-0.1, -0.05) is 19.3 Å². The van der Waals surface area contributed by atoms with Gasteiger partial charge in [0.15, 0.2) is 12.0 Å². The first-order valence-corrected chi connectivity index (χ1v) is 8.89. The predicted molar refractivity (Wildman–Crippen MR) is 91.0 cm³/mol. The molecule has 2 aromatic rings. The molecule has 2 aliphatic rings. The van der Waals surface area contributed by atoms with E-state index in [2.05, 4.69) is 15.3 Å². The standard InChI is InChI=1S/C17H24N4O4/c22-8-12-14(23)15(24)17(25-12)21-9-19-13-11(21)6-7-18-16(13)20-10-4-2-1-3-5-10/h6-7,9-10,12,14-15,17,22-24H,1-5,8H2,(H,18,20)/t12-,14?,15?,17-/m1/s1. The summed E-state index contributed by atoms with van der Waals surface area (Å²) in [7, 11) is 0. The zero-order valence-corrected chi connectivity index (χ0v) is 14.0. The first kappa shape index (κ1) is 16.7. The van der Waals surface area contributed by atoms with Gasteiger partial charge in [-0.15, -0.1) is 0 Å². The Labute approximate surface area is 145 Å². The van der Waals surface area contributed by atoms with Crippen LogP contribution in [-0.4, -0.2) is 60.8 Å². The maximum absolute atomic E-state index is 10.3. The highest BCUT2D eigenvalue weighted by atomic mass is 16.6. The van der Waals surface area contributed by atoms with Crippen molar-refractivity contribution in [2.24, 2.45) is 0 Å². The van der Waals surface area contributed by atoms with Crippen LogP contribution in [0.15, 0.2) is 18.6 Å². The van der Waals surface area contributed by atoms with E-state index in [9.17, 15) is 15.3 Å². The van der Waals surface area contributed by atoms with E-state index in [1.165, 1.54) is 19.3 Å². The van der Waals surface area contributed by atoms with Crippen molar-refractivity contribution >= 4 is 16.9 Å². The third-order valence-electron chi connectivity index (χ3n) is 5.23. The molecule has 0 aromatic carbocycles. The fourth-order valence-electron chi connectivity index (χ4n) is 3.82. The number of hydrogen-bond acceptors (Lipinski definition) is 7. The zero-order chi connectivity index (χ0) is 17.4. The van der Waals surface area contributed by atoms with E-state index >= 15 is 0 Å². The SMILES string of the molecule is OC[C@H]1O[C@@H](n2cnc3c(NC4CCCCC4)nccc32)C(O)C1O. The molecule has 0 bridgehead atoms. The van der Waals surface area contributed by atoms with Crippen LogP contribution in [0.25, 0.3) is 11.0 Å². The van der Waals surface area contributed by atoms with E-state index in [0.717, 1.165) is 24.2 Å². The molecule has 4 rings (SSSR count). The van der Waals surface area contributed by atoms with E-state index < -0.39 is 24.5 Å². The van der Waals surface area contributed by atoms with E-state index in [0.29, 0.717) is 11.6 Å². The van der Waals surface area contributed by atoms with E-state index in [-0.39, 0.29) is 6.61 Å². The Morgan fingerprint density at radius 1 is 1.16 bits per heavy atom. The van der Waals surface area contributed by atoms with Crippen LogP contribution in [-0.2, 0) is 4.74 Å². The van der Waals surface area contributed by atoms with Gasteiger partial charge in [0.25, 0.3) is 0 Å². The molecule has 0 amide bonds. The van der Waals surface area contributed by atoms with Gasteiger partial charge in [0.2, 0.25) is 0 Å². The average Bonchev–Trinajstić information content (AvgIpc) is 3.18. The molecule has 2 aromatic heterocycles.